The molecule has 1 aromatic heterocycles. The molecule has 2 fully saturated rings. The van der Waals surface area contributed by atoms with E-state index in [1.54, 1.807) is 7.05 Å². The average Bonchev–Trinajstić information content (AvgIpc) is 3.34. The number of amides is 1. The standard InChI is InChI=1S/C22H22N4O2/c1-25(22(27)28)20-12-18-11-17(20)13-26(18)21-23-9-8-19(24-21)16-7-6-14-4-2-3-5-15(14)10-16/h2-10,17-18,20H,11-13H2,1H3,(H,27,28)/t17-,18-,20+/m1/s1. The van der Waals surface area contributed by atoms with Crippen molar-refractivity contribution < 1.29 is 9.90 Å². The predicted molar refractivity (Wildman–Crippen MR) is 108 cm³/mol. The van der Waals surface area contributed by atoms with Crippen LogP contribution in [0.4, 0.5) is 10.7 Å². The van der Waals surface area contributed by atoms with Gasteiger partial charge in [0.2, 0.25) is 5.95 Å². The lowest BCUT2D eigenvalue weighted by Gasteiger charge is -2.35. The molecule has 3 atom stereocenters. The maximum atomic E-state index is 11.3. The van der Waals surface area contributed by atoms with Gasteiger partial charge in [-0.2, -0.15) is 0 Å². The predicted octanol–water partition coefficient (Wildman–Crippen LogP) is 3.87. The van der Waals surface area contributed by atoms with Gasteiger partial charge in [0, 0.05) is 37.4 Å². The van der Waals surface area contributed by atoms with E-state index >= 15 is 0 Å². The molecule has 0 radical (unpaired) electrons. The molecule has 6 nitrogen and oxygen atoms in total. The fraction of sp³-hybridized carbons (Fsp3) is 0.318. The molecular formula is C22H22N4O2. The van der Waals surface area contributed by atoms with Gasteiger partial charge < -0.3 is 14.9 Å². The third-order valence-corrected chi connectivity index (χ3v) is 6.25. The van der Waals surface area contributed by atoms with Crippen LogP contribution >= 0.6 is 0 Å². The number of piperidine rings is 1. The van der Waals surface area contributed by atoms with Crippen molar-refractivity contribution in [2.24, 2.45) is 5.92 Å². The highest BCUT2D eigenvalue weighted by Crippen LogP contribution is 2.41. The summed E-state index contributed by atoms with van der Waals surface area (Å²) in [6.45, 7) is 0.814. The second kappa shape index (κ2) is 6.48. The fourth-order valence-electron chi connectivity index (χ4n) is 4.78. The van der Waals surface area contributed by atoms with E-state index in [1.165, 1.54) is 15.7 Å². The van der Waals surface area contributed by atoms with Crippen molar-refractivity contribution in [3.8, 4) is 11.3 Å². The monoisotopic (exact) mass is 374 g/mol. The van der Waals surface area contributed by atoms with E-state index in [1.807, 2.05) is 24.4 Å². The molecule has 6 heteroatoms. The summed E-state index contributed by atoms with van der Waals surface area (Å²) in [4.78, 5) is 24.4. The smallest absolute Gasteiger partial charge is 0.407 e. The van der Waals surface area contributed by atoms with Gasteiger partial charge in [0.05, 0.1) is 5.69 Å². The Morgan fingerprint density at radius 1 is 1.14 bits per heavy atom. The Morgan fingerprint density at radius 2 is 1.96 bits per heavy atom. The topological polar surface area (TPSA) is 69.6 Å². The summed E-state index contributed by atoms with van der Waals surface area (Å²) in [5.41, 5.74) is 1.99. The number of benzene rings is 2. The summed E-state index contributed by atoms with van der Waals surface area (Å²) >= 11 is 0. The molecule has 2 aliphatic rings. The summed E-state index contributed by atoms with van der Waals surface area (Å²) in [5, 5.41) is 11.7. The molecule has 2 aromatic carbocycles. The second-order valence-corrected chi connectivity index (χ2v) is 7.80. The third-order valence-electron chi connectivity index (χ3n) is 6.25. The van der Waals surface area contributed by atoms with E-state index in [9.17, 15) is 9.90 Å². The Morgan fingerprint density at radius 3 is 2.71 bits per heavy atom. The largest absolute Gasteiger partial charge is 0.465 e. The first-order chi connectivity index (χ1) is 13.6. The third kappa shape index (κ3) is 2.76. The molecule has 1 N–H and O–H groups in total. The van der Waals surface area contributed by atoms with E-state index in [2.05, 4.69) is 40.2 Å². The first-order valence-corrected chi connectivity index (χ1v) is 9.65. The minimum absolute atomic E-state index is 0.0995. The van der Waals surface area contributed by atoms with E-state index in [0.29, 0.717) is 12.0 Å². The van der Waals surface area contributed by atoms with Gasteiger partial charge in [0.15, 0.2) is 0 Å². The number of aromatic nitrogens is 2. The molecule has 28 heavy (non-hydrogen) atoms. The van der Waals surface area contributed by atoms with Gasteiger partial charge in [-0.1, -0.05) is 36.4 Å². The van der Waals surface area contributed by atoms with Crippen LogP contribution in [0.5, 0.6) is 0 Å². The highest BCUT2D eigenvalue weighted by atomic mass is 16.4. The molecule has 1 aliphatic heterocycles. The summed E-state index contributed by atoms with van der Waals surface area (Å²) in [6, 6.07) is 17.0. The van der Waals surface area contributed by atoms with Crippen molar-refractivity contribution in [3.05, 3.63) is 54.7 Å². The van der Waals surface area contributed by atoms with Gasteiger partial charge in [-0.25, -0.2) is 14.8 Å². The zero-order chi connectivity index (χ0) is 19.3. The zero-order valence-corrected chi connectivity index (χ0v) is 15.7. The van der Waals surface area contributed by atoms with Gasteiger partial charge in [0.1, 0.15) is 0 Å². The van der Waals surface area contributed by atoms with E-state index in [4.69, 9.17) is 4.98 Å². The van der Waals surface area contributed by atoms with Crippen molar-refractivity contribution in [3.63, 3.8) is 0 Å². The number of hydrogen-bond donors (Lipinski definition) is 1. The van der Waals surface area contributed by atoms with Gasteiger partial charge in [-0.3, -0.25) is 0 Å². The van der Waals surface area contributed by atoms with Crippen LogP contribution < -0.4 is 4.90 Å². The molecule has 0 spiro atoms. The van der Waals surface area contributed by atoms with Gasteiger partial charge >= 0.3 is 6.09 Å². The van der Waals surface area contributed by atoms with Crippen LogP contribution in [0.15, 0.2) is 54.7 Å². The maximum absolute atomic E-state index is 11.3. The molecule has 1 aliphatic carbocycles. The highest BCUT2D eigenvalue weighted by Gasteiger charge is 2.48. The SMILES string of the molecule is CN(C(=O)O)[C@H]1C[C@H]2C[C@@H]1CN2c1nccc(-c2ccc3ccccc3c2)n1. The molecule has 2 heterocycles. The summed E-state index contributed by atoms with van der Waals surface area (Å²) < 4.78 is 0. The van der Waals surface area contributed by atoms with Crippen molar-refractivity contribution in [1.82, 2.24) is 14.9 Å². The van der Waals surface area contributed by atoms with Crippen LogP contribution in [0.25, 0.3) is 22.0 Å². The Bertz CT molecular complexity index is 1050. The van der Waals surface area contributed by atoms with Crippen molar-refractivity contribution in [2.75, 3.05) is 18.5 Å². The van der Waals surface area contributed by atoms with Crippen LogP contribution in [-0.4, -0.2) is 51.7 Å². The zero-order valence-electron chi connectivity index (χ0n) is 15.7. The molecule has 2 bridgehead atoms. The number of rotatable bonds is 3. The number of nitrogens with zero attached hydrogens (tertiary/aromatic N) is 4. The van der Waals surface area contributed by atoms with Crippen LogP contribution in [0, 0.1) is 5.92 Å². The minimum Gasteiger partial charge on any atom is -0.465 e. The molecule has 0 unspecified atom stereocenters. The van der Waals surface area contributed by atoms with Crippen LogP contribution in [0.1, 0.15) is 12.8 Å². The van der Waals surface area contributed by atoms with Gasteiger partial charge in [-0.15, -0.1) is 0 Å². The first kappa shape index (κ1) is 17.0. The summed E-state index contributed by atoms with van der Waals surface area (Å²) in [6.07, 6.45) is 2.82. The summed E-state index contributed by atoms with van der Waals surface area (Å²) in [5.74, 6) is 1.09. The molecule has 1 saturated carbocycles. The van der Waals surface area contributed by atoms with E-state index in [-0.39, 0.29) is 6.04 Å². The fourth-order valence-corrected chi connectivity index (χ4v) is 4.78. The van der Waals surface area contributed by atoms with E-state index < -0.39 is 6.09 Å². The average molecular weight is 374 g/mol. The lowest BCUT2D eigenvalue weighted by atomic mass is 10.0. The molecular weight excluding hydrogens is 352 g/mol. The molecule has 5 rings (SSSR count). The molecule has 142 valence electrons. The quantitative estimate of drug-likeness (QED) is 0.754. The van der Waals surface area contributed by atoms with Crippen LogP contribution in [-0.2, 0) is 0 Å². The maximum Gasteiger partial charge on any atom is 0.407 e. The normalized spacial score (nSPS) is 23.3. The second-order valence-electron chi connectivity index (χ2n) is 7.80. The number of carbonyl (C=O) groups is 1. The Balaban J connectivity index is 1.40. The lowest BCUT2D eigenvalue weighted by molar-refractivity contribution is 0.125. The number of hydrogen-bond acceptors (Lipinski definition) is 4. The van der Waals surface area contributed by atoms with Crippen LogP contribution in [0.3, 0.4) is 0 Å². The molecule has 1 saturated heterocycles. The van der Waals surface area contributed by atoms with Gasteiger partial charge in [-0.05, 0) is 41.7 Å². The van der Waals surface area contributed by atoms with E-state index in [0.717, 1.165) is 36.6 Å². The Labute approximate surface area is 163 Å². The number of carboxylic acid groups (broad SMARTS) is 1. The minimum atomic E-state index is -0.848. The van der Waals surface area contributed by atoms with Crippen molar-refractivity contribution >= 4 is 22.8 Å². The first-order valence-electron chi connectivity index (χ1n) is 9.65. The van der Waals surface area contributed by atoms with Gasteiger partial charge in [0.25, 0.3) is 0 Å². The summed E-state index contributed by atoms with van der Waals surface area (Å²) in [7, 11) is 1.68. The molecule has 1 amide bonds. The lowest BCUT2D eigenvalue weighted by Crippen LogP contribution is -2.46. The van der Waals surface area contributed by atoms with Crippen molar-refractivity contribution in [2.45, 2.75) is 24.9 Å². The Hall–Kier alpha value is -3.15. The van der Waals surface area contributed by atoms with Crippen molar-refractivity contribution in [1.29, 1.82) is 0 Å². The highest BCUT2D eigenvalue weighted by molar-refractivity contribution is 5.86. The van der Waals surface area contributed by atoms with Crippen LogP contribution in [0.2, 0.25) is 0 Å². The number of anilines is 1. The number of fused-ring (bicyclic) bond motifs is 3. The molecule has 3 aromatic rings. The Kier molecular flexibility index (Phi) is 3.93.